The van der Waals surface area contributed by atoms with Gasteiger partial charge in [-0.1, -0.05) is 12.1 Å². The third-order valence-electron chi connectivity index (χ3n) is 4.79. The summed E-state index contributed by atoms with van der Waals surface area (Å²) in [4.78, 5) is 53.2. The molecule has 188 valence electrons. The summed E-state index contributed by atoms with van der Waals surface area (Å²) in [6.07, 6.45) is 0.584. The molecule has 12 N–H and O–H groups in total. The Hall–Kier alpha value is -3.87. The second kappa shape index (κ2) is 13.6. The van der Waals surface area contributed by atoms with Crippen LogP contribution >= 0.6 is 0 Å². The van der Waals surface area contributed by atoms with Crippen LogP contribution in [0.4, 0.5) is 0 Å². The maximum Gasteiger partial charge on any atom is 0.243 e. The van der Waals surface area contributed by atoms with Gasteiger partial charge in [0.05, 0.1) is 6.04 Å². The fourth-order valence-electron chi connectivity index (χ4n) is 2.81. The van der Waals surface area contributed by atoms with Gasteiger partial charge in [-0.15, -0.1) is 0 Å². The van der Waals surface area contributed by atoms with E-state index in [0.29, 0.717) is 12.0 Å². The highest BCUT2D eigenvalue weighted by Crippen LogP contribution is 2.12. The van der Waals surface area contributed by atoms with Crippen LogP contribution in [0.15, 0.2) is 29.3 Å². The summed E-state index contributed by atoms with van der Waals surface area (Å²) in [7, 11) is 0. The first kappa shape index (κ1) is 28.2. The molecular weight excluding hydrogens is 444 g/mol. The molecule has 0 aromatic heterocycles. The van der Waals surface area contributed by atoms with Gasteiger partial charge < -0.3 is 44.0 Å². The number of phenols is 1. The summed E-state index contributed by atoms with van der Waals surface area (Å²) in [5.74, 6) is -2.64. The van der Waals surface area contributed by atoms with Crippen LogP contribution in [0.25, 0.3) is 0 Å². The molecule has 13 heteroatoms. The zero-order valence-electron chi connectivity index (χ0n) is 19.3. The van der Waals surface area contributed by atoms with Crippen molar-refractivity contribution in [3.63, 3.8) is 0 Å². The van der Waals surface area contributed by atoms with E-state index < -0.39 is 47.8 Å². The van der Waals surface area contributed by atoms with Crippen LogP contribution in [0.2, 0.25) is 0 Å². The average molecular weight is 479 g/mol. The largest absolute Gasteiger partial charge is 0.508 e. The van der Waals surface area contributed by atoms with Crippen LogP contribution in [0, 0.1) is 0 Å². The highest BCUT2D eigenvalue weighted by Gasteiger charge is 2.28. The standard InChI is InChI=1S/C21H34N8O5/c1-11(22)18(32)28-15(4-3-9-26-21(24)25)19(33)29-16(20(34)27-12(2)17(23)31)10-13-5-7-14(30)8-6-13/h5-8,11-12,15-16,30H,3-4,9-10,22H2,1-2H3,(H2,23,31)(H,27,34)(H,28,32)(H,29,33)(H4,24,25,26)/t11-,12-,15-,16-/m0/s1. The molecule has 34 heavy (non-hydrogen) atoms. The molecule has 0 fully saturated rings. The first-order chi connectivity index (χ1) is 15.9. The lowest BCUT2D eigenvalue weighted by atomic mass is 10.0. The van der Waals surface area contributed by atoms with Crippen molar-refractivity contribution in [3.8, 4) is 5.75 Å². The first-order valence-electron chi connectivity index (χ1n) is 10.7. The number of rotatable bonds is 13. The minimum Gasteiger partial charge on any atom is -0.508 e. The van der Waals surface area contributed by atoms with Crippen molar-refractivity contribution in [2.45, 2.75) is 57.3 Å². The normalized spacial score (nSPS) is 14.1. The molecule has 0 aliphatic rings. The fraction of sp³-hybridized carbons (Fsp3) is 0.476. The molecule has 1 aromatic carbocycles. The molecule has 1 rings (SSSR count). The Balaban J connectivity index is 3.05. The van der Waals surface area contributed by atoms with E-state index in [1.807, 2.05) is 0 Å². The molecule has 0 heterocycles. The van der Waals surface area contributed by atoms with E-state index in [0.717, 1.165) is 0 Å². The Morgan fingerprint density at radius 3 is 2.00 bits per heavy atom. The molecule has 0 bridgehead atoms. The van der Waals surface area contributed by atoms with E-state index in [2.05, 4.69) is 20.9 Å². The first-order valence-corrected chi connectivity index (χ1v) is 10.7. The zero-order chi connectivity index (χ0) is 25.8. The van der Waals surface area contributed by atoms with Crippen LogP contribution in [0.3, 0.4) is 0 Å². The molecule has 0 saturated carbocycles. The SMILES string of the molecule is C[C@H](N)C(=O)N[C@@H](CCCN=C(N)N)C(=O)N[C@@H](Cc1ccc(O)cc1)C(=O)N[C@@H](C)C(N)=O. The summed E-state index contributed by atoms with van der Waals surface area (Å²) in [6.45, 7) is 3.11. The van der Waals surface area contributed by atoms with Crippen LogP contribution in [0.1, 0.15) is 32.3 Å². The number of nitrogens with one attached hydrogen (secondary N) is 3. The van der Waals surface area contributed by atoms with E-state index >= 15 is 0 Å². The molecule has 4 amide bonds. The highest BCUT2D eigenvalue weighted by molar-refractivity contribution is 5.94. The molecule has 0 aliphatic carbocycles. The maximum absolute atomic E-state index is 13.0. The van der Waals surface area contributed by atoms with Gasteiger partial charge in [0.2, 0.25) is 23.6 Å². The molecular formula is C21H34N8O5. The Kier molecular flexibility index (Phi) is 11.3. The van der Waals surface area contributed by atoms with Gasteiger partial charge in [0, 0.05) is 13.0 Å². The number of phenolic OH excluding ortho intramolecular Hbond substituents is 1. The van der Waals surface area contributed by atoms with Gasteiger partial charge in [-0.25, -0.2) is 0 Å². The van der Waals surface area contributed by atoms with Gasteiger partial charge in [0.1, 0.15) is 23.9 Å². The van der Waals surface area contributed by atoms with Crippen LogP contribution in [-0.2, 0) is 25.6 Å². The van der Waals surface area contributed by atoms with E-state index in [4.69, 9.17) is 22.9 Å². The van der Waals surface area contributed by atoms with E-state index in [-0.39, 0.29) is 31.1 Å². The number of nitrogens with two attached hydrogens (primary N) is 4. The summed E-state index contributed by atoms with van der Waals surface area (Å²) in [6, 6.07) is 2.09. The number of hydrogen-bond donors (Lipinski definition) is 8. The number of benzene rings is 1. The zero-order valence-corrected chi connectivity index (χ0v) is 19.3. The van der Waals surface area contributed by atoms with Gasteiger partial charge in [-0.2, -0.15) is 0 Å². The van der Waals surface area contributed by atoms with Crippen molar-refractivity contribution in [1.29, 1.82) is 0 Å². The lowest BCUT2D eigenvalue weighted by Crippen LogP contribution is -2.57. The second-order valence-electron chi connectivity index (χ2n) is 7.86. The predicted molar refractivity (Wildman–Crippen MR) is 126 cm³/mol. The molecule has 4 atom stereocenters. The highest BCUT2D eigenvalue weighted by atomic mass is 16.3. The summed E-state index contributed by atoms with van der Waals surface area (Å²) in [5.41, 5.74) is 22.1. The van der Waals surface area contributed by atoms with Crippen molar-refractivity contribution in [2.75, 3.05) is 6.54 Å². The van der Waals surface area contributed by atoms with Crippen molar-refractivity contribution in [1.82, 2.24) is 16.0 Å². The van der Waals surface area contributed by atoms with E-state index in [9.17, 15) is 24.3 Å². The van der Waals surface area contributed by atoms with Crippen LogP contribution < -0.4 is 38.9 Å². The third-order valence-corrected chi connectivity index (χ3v) is 4.79. The summed E-state index contributed by atoms with van der Waals surface area (Å²) in [5, 5.41) is 17.1. The molecule has 13 nitrogen and oxygen atoms in total. The topological polar surface area (TPSA) is 241 Å². The molecule has 0 radical (unpaired) electrons. The van der Waals surface area contributed by atoms with Crippen molar-refractivity contribution < 1.29 is 24.3 Å². The number of guanidine groups is 1. The van der Waals surface area contributed by atoms with Crippen molar-refractivity contribution in [3.05, 3.63) is 29.8 Å². The van der Waals surface area contributed by atoms with Gasteiger partial charge in [0.15, 0.2) is 5.96 Å². The Labute approximate surface area is 197 Å². The quantitative estimate of drug-likeness (QED) is 0.0840. The van der Waals surface area contributed by atoms with Crippen LogP contribution in [-0.4, -0.2) is 65.4 Å². The van der Waals surface area contributed by atoms with Crippen molar-refractivity contribution in [2.24, 2.45) is 27.9 Å². The molecule has 0 aliphatic heterocycles. The van der Waals surface area contributed by atoms with Crippen LogP contribution in [0.5, 0.6) is 5.75 Å². The number of amides is 4. The predicted octanol–water partition coefficient (Wildman–Crippen LogP) is -2.70. The lowest BCUT2D eigenvalue weighted by molar-refractivity contribution is -0.133. The smallest absolute Gasteiger partial charge is 0.243 e. The number of carbonyl (C=O) groups is 4. The Bertz CT molecular complexity index is 884. The van der Waals surface area contributed by atoms with Gasteiger partial charge >= 0.3 is 0 Å². The van der Waals surface area contributed by atoms with E-state index in [1.165, 1.54) is 26.0 Å². The maximum atomic E-state index is 13.0. The number of carbonyl (C=O) groups excluding carboxylic acids is 4. The third kappa shape index (κ3) is 10.2. The lowest BCUT2D eigenvalue weighted by Gasteiger charge is -2.24. The van der Waals surface area contributed by atoms with E-state index in [1.54, 1.807) is 12.1 Å². The van der Waals surface area contributed by atoms with Gasteiger partial charge in [-0.05, 0) is 44.4 Å². The second-order valence-corrected chi connectivity index (χ2v) is 7.86. The molecule has 1 aromatic rings. The Morgan fingerprint density at radius 1 is 0.912 bits per heavy atom. The number of primary amides is 1. The summed E-state index contributed by atoms with van der Waals surface area (Å²) >= 11 is 0. The molecule has 0 spiro atoms. The number of hydrogen-bond acceptors (Lipinski definition) is 7. The molecule has 0 saturated heterocycles. The Morgan fingerprint density at radius 2 is 1.47 bits per heavy atom. The minimum atomic E-state index is -1.11. The summed E-state index contributed by atoms with van der Waals surface area (Å²) < 4.78 is 0. The number of nitrogens with zero attached hydrogens (tertiary/aromatic N) is 1. The molecule has 0 unspecified atom stereocenters. The average Bonchev–Trinajstić information content (AvgIpc) is 2.76. The monoisotopic (exact) mass is 478 g/mol. The van der Waals surface area contributed by atoms with Gasteiger partial charge in [-0.3, -0.25) is 24.2 Å². The van der Waals surface area contributed by atoms with Gasteiger partial charge in [0.25, 0.3) is 0 Å². The van der Waals surface area contributed by atoms with Crippen molar-refractivity contribution >= 4 is 29.6 Å². The number of aromatic hydroxyl groups is 1. The number of aliphatic imine (C=N–C) groups is 1. The fourth-order valence-corrected chi connectivity index (χ4v) is 2.81. The minimum absolute atomic E-state index is 0.0376.